The second-order valence-electron chi connectivity index (χ2n) is 12.6. The number of benzene rings is 2. The Balaban J connectivity index is 0.000000350. The van der Waals surface area contributed by atoms with E-state index in [1.807, 2.05) is 0 Å². The van der Waals surface area contributed by atoms with Crippen molar-refractivity contribution in [2.75, 3.05) is 0 Å². The highest BCUT2D eigenvalue weighted by Gasteiger charge is 2.37. The molecule has 16 heteroatoms. The number of alkyl halides is 6. The molecule has 2 heterocycles. The van der Waals surface area contributed by atoms with E-state index in [0.717, 1.165) is 6.42 Å². The van der Waals surface area contributed by atoms with Gasteiger partial charge >= 0.3 is 11.0 Å². The molecule has 0 bridgehead atoms. The highest BCUT2D eigenvalue weighted by Crippen LogP contribution is 2.35. The van der Waals surface area contributed by atoms with Crippen LogP contribution in [0, 0.1) is 13.8 Å². The van der Waals surface area contributed by atoms with Crippen molar-refractivity contribution >= 4 is 20.2 Å². The lowest BCUT2D eigenvalue weighted by molar-refractivity contribution is -0.697. The number of aromatic nitrogens is 2. The van der Waals surface area contributed by atoms with Gasteiger partial charge in [-0.05, 0) is 66.5 Å². The summed E-state index contributed by atoms with van der Waals surface area (Å²) in [6.45, 7) is 11.1. The van der Waals surface area contributed by atoms with E-state index in [9.17, 15) is 26.3 Å². The molecule has 0 atom stereocenters. The number of rotatable bonds is 10. The summed E-state index contributed by atoms with van der Waals surface area (Å²) in [5.74, 6) is 0. The first-order valence-corrected chi connectivity index (χ1v) is 20.5. The molecular formula is C39H50F6N2O6S2. The Hall–Kier alpha value is -3.86. The van der Waals surface area contributed by atoms with Crippen molar-refractivity contribution in [3.63, 3.8) is 0 Å². The fourth-order valence-corrected chi connectivity index (χ4v) is 4.88. The van der Waals surface area contributed by atoms with Crippen LogP contribution in [0.4, 0.5) is 26.3 Å². The standard InChI is InChI=1S/C13H10.2C12H20N.2CHF3O3S/c1-3-7-12-10(5-1)9-11-6-2-4-8-13(11)12;2*1-3-4-5-6-9-13-10-7-12(2)8-11-13;2*2-1(3,4)8(5,6)7/h1-8H,9H2;2*7-8,10-11H,3-6,9H2,1-2H3;2*(H,5,6,7)/q;2*+1;;/p-2. The molecule has 55 heavy (non-hydrogen) atoms. The SMILES string of the molecule is CCCCCC[n+]1ccc(C)cc1.CCCCCC[n+]1ccc(C)cc1.O=S(=O)([O-])C(F)(F)F.O=S(=O)([O-])C(F)(F)F.c1ccc2c(c1)Cc1ccccc1-2. The summed E-state index contributed by atoms with van der Waals surface area (Å²) in [5.41, 5.74) is -2.86. The molecule has 0 spiro atoms. The topological polar surface area (TPSA) is 122 Å². The third kappa shape index (κ3) is 20.0. The smallest absolute Gasteiger partial charge is 0.485 e. The van der Waals surface area contributed by atoms with Crippen molar-refractivity contribution in [3.8, 4) is 11.1 Å². The van der Waals surface area contributed by atoms with E-state index in [-0.39, 0.29) is 0 Å². The molecule has 0 radical (unpaired) electrons. The summed E-state index contributed by atoms with van der Waals surface area (Å²) in [4.78, 5) is 0. The predicted octanol–water partition coefficient (Wildman–Crippen LogP) is 9.09. The van der Waals surface area contributed by atoms with Crippen LogP contribution in [0.3, 0.4) is 0 Å². The van der Waals surface area contributed by atoms with Crippen LogP contribution in [0.5, 0.6) is 0 Å². The molecular weight excluding hydrogens is 771 g/mol. The first-order valence-electron chi connectivity index (χ1n) is 17.7. The molecule has 0 saturated carbocycles. The molecule has 4 aromatic rings. The normalized spacial score (nSPS) is 11.9. The van der Waals surface area contributed by atoms with Crippen molar-refractivity contribution in [1.82, 2.24) is 0 Å². The van der Waals surface area contributed by atoms with Crippen LogP contribution in [-0.4, -0.2) is 37.0 Å². The second kappa shape index (κ2) is 23.9. The Bertz CT molecular complexity index is 1760. The van der Waals surface area contributed by atoms with Crippen molar-refractivity contribution in [1.29, 1.82) is 0 Å². The molecule has 2 aromatic carbocycles. The minimum Gasteiger partial charge on any atom is -0.741 e. The van der Waals surface area contributed by atoms with Gasteiger partial charge in [0.1, 0.15) is 13.1 Å². The highest BCUT2D eigenvalue weighted by atomic mass is 32.2. The van der Waals surface area contributed by atoms with Gasteiger partial charge in [-0.15, -0.1) is 0 Å². The van der Waals surface area contributed by atoms with Gasteiger partial charge < -0.3 is 9.11 Å². The Morgan fingerprint density at radius 2 is 0.818 bits per heavy atom. The molecule has 1 aliphatic carbocycles. The minimum absolute atomic E-state index is 1.10. The van der Waals surface area contributed by atoms with Crippen LogP contribution < -0.4 is 9.13 Å². The molecule has 0 amide bonds. The zero-order valence-corrected chi connectivity index (χ0v) is 33.1. The Kier molecular flexibility index (Phi) is 21.4. The minimum atomic E-state index is -6.09. The van der Waals surface area contributed by atoms with Crippen molar-refractivity contribution < 1.29 is 61.4 Å². The highest BCUT2D eigenvalue weighted by molar-refractivity contribution is 7.86. The van der Waals surface area contributed by atoms with Gasteiger partial charge in [0, 0.05) is 37.1 Å². The van der Waals surface area contributed by atoms with E-state index in [1.54, 1.807) is 0 Å². The molecule has 0 saturated heterocycles. The summed E-state index contributed by atoms with van der Waals surface area (Å²) in [6.07, 6.45) is 20.5. The van der Waals surface area contributed by atoms with Crippen molar-refractivity contribution in [2.24, 2.45) is 0 Å². The van der Waals surface area contributed by atoms with E-state index in [2.05, 4.69) is 134 Å². The zero-order chi connectivity index (χ0) is 41.7. The van der Waals surface area contributed by atoms with Gasteiger partial charge in [0.05, 0.1) is 0 Å². The molecule has 0 N–H and O–H groups in total. The average molecular weight is 821 g/mol. The van der Waals surface area contributed by atoms with Gasteiger partial charge in [-0.3, -0.25) is 0 Å². The Morgan fingerprint density at radius 3 is 1.09 bits per heavy atom. The molecule has 5 rings (SSSR count). The number of nitrogens with zero attached hydrogens (tertiary/aromatic N) is 2. The van der Waals surface area contributed by atoms with Crippen LogP contribution in [0.15, 0.2) is 97.6 Å². The fraction of sp³-hybridized carbons (Fsp3) is 0.436. The maximum atomic E-state index is 10.7. The van der Waals surface area contributed by atoms with Gasteiger partial charge in [0.15, 0.2) is 45.0 Å². The van der Waals surface area contributed by atoms with Crippen LogP contribution in [-0.2, 0) is 39.7 Å². The number of fused-ring (bicyclic) bond motifs is 3. The monoisotopic (exact) mass is 820 g/mol. The molecule has 0 unspecified atom stereocenters. The Labute approximate surface area is 321 Å². The number of hydrogen-bond acceptors (Lipinski definition) is 6. The summed E-state index contributed by atoms with van der Waals surface area (Å²) in [6, 6.07) is 26.0. The average Bonchev–Trinajstić information content (AvgIpc) is 3.49. The van der Waals surface area contributed by atoms with E-state index in [1.165, 1.54) is 97.8 Å². The van der Waals surface area contributed by atoms with Gasteiger partial charge in [-0.2, -0.15) is 26.3 Å². The lowest BCUT2D eigenvalue weighted by Crippen LogP contribution is -2.32. The molecule has 0 fully saturated rings. The summed E-state index contributed by atoms with van der Waals surface area (Å²) >= 11 is 0. The zero-order valence-electron chi connectivity index (χ0n) is 31.4. The van der Waals surface area contributed by atoms with E-state index >= 15 is 0 Å². The number of aryl methyl sites for hydroxylation is 4. The maximum absolute atomic E-state index is 10.7. The fourth-order valence-electron chi connectivity index (χ4n) is 4.88. The number of unbranched alkanes of at least 4 members (excludes halogenated alkanes) is 6. The molecule has 1 aliphatic rings. The third-order valence-electron chi connectivity index (χ3n) is 7.93. The van der Waals surface area contributed by atoms with Gasteiger partial charge in [0.2, 0.25) is 0 Å². The largest absolute Gasteiger partial charge is 0.741 e. The van der Waals surface area contributed by atoms with Crippen molar-refractivity contribution in [2.45, 2.75) is 110 Å². The first kappa shape index (κ1) is 49.2. The van der Waals surface area contributed by atoms with Crippen LogP contribution >= 0.6 is 0 Å². The number of halogens is 6. The van der Waals surface area contributed by atoms with E-state index in [0.29, 0.717) is 0 Å². The molecule has 2 aromatic heterocycles. The lowest BCUT2D eigenvalue weighted by Gasteiger charge is -2.08. The van der Waals surface area contributed by atoms with E-state index in [4.69, 9.17) is 25.9 Å². The van der Waals surface area contributed by atoms with Gasteiger partial charge in [-0.1, -0.05) is 88.1 Å². The third-order valence-corrected chi connectivity index (χ3v) is 9.06. The molecule has 0 aliphatic heterocycles. The van der Waals surface area contributed by atoms with E-state index < -0.39 is 31.3 Å². The van der Waals surface area contributed by atoms with Gasteiger partial charge in [0.25, 0.3) is 0 Å². The number of hydrogen-bond donors (Lipinski definition) is 0. The van der Waals surface area contributed by atoms with Crippen molar-refractivity contribution in [3.05, 3.63) is 120 Å². The predicted molar refractivity (Wildman–Crippen MR) is 197 cm³/mol. The summed E-state index contributed by atoms with van der Waals surface area (Å²) in [5, 5.41) is 0. The lowest BCUT2D eigenvalue weighted by atomic mass is 10.1. The van der Waals surface area contributed by atoms with Crippen LogP contribution in [0.1, 0.15) is 87.5 Å². The van der Waals surface area contributed by atoms with Crippen LogP contribution in [0.25, 0.3) is 11.1 Å². The maximum Gasteiger partial charge on any atom is 0.485 e. The summed E-state index contributed by atoms with van der Waals surface area (Å²) in [7, 11) is -12.2. The second-order valence-corrected chi connectivity index (χ2v) is 15.4. The van der Waals surface area contributed by atoms with Gasteiger partial charge in [-0.25, -0.2) is 26.0 Å². The van der Waals surface area contributed by atoms with Crippen LogP contribution in [0.2, 0.25) is 0 Å². The number of pyridine rings is 2. The molecule has 8 nitrogen and oxygen atoms in total. The molecule has 306 valence electrons. The summed E-state index contributed by atoms with van der Waals surface area (Å²) < 4.78 is 122. The quantitative estimate of drug-likeness (QED) is 0.0456. The first-order chi connectivity index (χ1) is 25.6. The Morgan fingerprint density at radius 1 is 0.527 bits per heavy atom.